The molecule has 0 fully saturated rings. The van der Waals surface area contributed by atoms with Crippen LogP contribution in [0.3, 0.4) is 0 Å². The van der Waals surface area contributed by atoms with Crippen LogP contribution in [-0.4, -0.2) is 15.9 Å². The molecule has 0 bridgehead atoms. The SMILES string of the molecule is NNc1cnccc1C(=O)Nc1ccc(F)cn1. The number of hydrazine groups is 1. The number of hydrogen-bond acceptors (Lipinski definition) is 5. The van der Waals surface area contributed by atoms with Crippen LogP contribution in [0.2, 0.25) is 0 Å². The smallest absolute Gasteiger partial charge is 0.259 e. The molecule has 18 heavy (non-hydrogen) atoms. The molecule has 2 aromatic rings. The van der Waals surface area contributed by atoms with E-state index in [9.17, 15) is 9.18 Å². The topological polar surface area (TPSA) is 92.9 Å². The molecule has 2 aromatic heterocycles. The molecule has 0 radical (unpaired) electrons. The van der Waals surface area contributed by atoms with E-state index in [2.05, 4.69) is 20.7 Å². The zero-order valence-corrected chi connectivity index (χ0v) is 9.22. The van der Waals surface area contributed by atoms with Gasteiger partial charge in [-0.3, -0.25) is 15.6 Å². The first-order chi connectivity index (χ1) is 8.70. The Morgan fingerprint density at radius 3 is 2.78 bits per heavy atom. The monoisotopic (exact) mass is 247 g/mol. The lowest BCUT2D eigenvalue weighted by atomic mass is 10.2. The third-order valence-corrected chi connectivity index (χ3v) is 2.19. The zero-order valence-electron chi connectivity index (χ0n) is 9.22. The second-order valence-electron chi connectivity index (χ2n) is 3.38. The number of pyridine rings is 2. The van der Waals surface area contributed by atoms with E-state index in [1.54, 1.807) is 0 Å². The normalized spacial score (nSPS) is 9.89. The maximum Gasteiger partial charge on any atom is 0.259 e. The van der Waals surface area contributed by atoms with E-state index in [0.29, 0.717) is 11.3 Å². The number of nitrogen functional groups attached to an aromatic ring is 1. The summed E-state index contributed by atoms with van der Waals surface area (Å²) in [5.74, 6) is 4.63. The van der Waals surface area contributed by atoms with Gasteiger partial charge >= 0.3 is 0 Å². The van der Waals surface area contributed by atoms with Crippen LogP contribution in [0.25, 0.3) is 0 Å². The highest BCUT2D eigenvalue weighted by Crippen LogP contribution is 2.14. The molecule has 0 saturated heterocycles. The molecule has 2 heterocycles. The number of nitrogens with zero attached hydrogens (tertiary/aromatic N) is 2. The van der Waals surface area contributed by atoms with Crippen molar-refractivity contribution in [1.29, 1.82) is 0 Å². The Balaban J connectivity index is 2.19. The van der Waals surface area contributed by atoms with Crippen molar-refractivity contribution in [2.75, 3.05) is 10.7 Å². The number of rotatable bonds is 3. The Morgan fingerprint density at radius 2 is 2.11 bits per heavy atom. The fourth-order valence-electron chi connectivity index (χ4n) is 1.34. The second-order valence-corrected chi connectivity index (χ2v) is 3.38. The number of halogens is 1. The van der Waals surface area contributed by atoms with Gasteiger partial charge in [0.15, 0.2) is 0 Å². The van der Waals surface area contributed by atoms with E-state index in [1.807, 2.05) is 0 Å². The van der Waals surface area contributed by atoms with Crippen LogP contribution in [0.5, 0.6) is 0 Å². The highest BCUT2D eigenvalue weighted by molar-refractivity contribution is 6.07. The molecule has 0 aliphatic rings. The molecular formula is C11H10FN5O. The number of hydrogen-bond donors (Lipinski definition) is 3. The average Bonchev–Trinajstić information content (AvgIpc) is 2.41. The van der Waals surface area contributed by atoms with E-state index < -0.39 is 11.7 Å². The van der Waals surface area contributed by atoms with Gasteiger partial charge in [-0.25, -0.2) is 9.37 Å². The van der Waals surface area contributed by atoms with Crippen LogP contribution in [0.1, 0.15) is 10.4 Å². The molecule has 1 amide bonds. The van der Waals surface area contributed by atoms with Crippen LogP contribution in [0.15, 0.2) is 36.8 Å². The highest BCUT2D eigenvalue weighted by atomic mass is 19.1. The summed E-state index contributed by atoms with van der Waals surface area (Å²) in [6.07, 6.45) is 3.91. The average molecular weight is 247 g/mol. The number of carbonyl (C=O) groups is 1. The van der Waals surface area contributed by atoms with E-state index in [0.717, 1.165) is 6.20 Å². The molecule has 7 heteroatoms. The minimum atomic E-state index is -0.471. The third kappa shape index (κ3) is 2.58. The summed E-state index contributed by atoms with van der Waals surface area (Å²) in [6.45, 7) is 0. The number of amides is 1. The predicted octanol–water partition coefficient (Wildman–Crippen LogP) is 1.15. The lowest BCUT2D eigenvalue weighted by Crippen LogP contribution is -2.18. The van der Waals surface area contributed by atoms with Crippen LogP contribution in [-0.2, 0) is 0 Å². The van der Waals surface area contributed by atoms with E-state index >= 15 is 0 Å². The minimum Gasteiger partial charge on any atom is -0.322 e. The molecular weight excluding hydrogens is 237 g/mol. The summed E-state index contributed by atoms with van der Waals surface area (Å²) in [5, 5.41) is 2.52. The quantitative estimate of drug-likeness (QED) is 0.559. The van der Waals surface area contributed by atoms with E-state index in [4.69, 9.17) is 5.84 Å². The molecule has 0 atom stereocenters. The summed E-state index contributed by atoms with van der Waals surface area (Å²) < 4.78 is 12.7. The predicted molar refractivity (Wildman–Crippen MR) is 64.2 cm³/mol. The largest absolute Gasteiger partial charge is 0.322 e. The van der Waals surface area contributed by atoms with Gasteiger partial charge in [-0.1, -0.05) is 0 Å². The Labute approximate surface area is 102 Å². The summed E-state index contributed by atoms with van der Waals surface area (Å²) >= 11 is 0. The highest BCUT2D eigenvalue weighted by Gasteiger charge is 2.11. The van der Waals surface area contributed by atoms with Crippen molar-refractivity contribution in [2.24, 2.45) is 5.84 Å². The second kappa shape index (κ2) is 5.19. The maximum absolute atomic E-state index is 12.7. The van der Waals surface area contributed by atoms with Crippen molar-refractivity contribution in [3.8, 4) is 0 Å². The van der Waals surface area contributed by atoms with Gasteiger partial charge in [-0.15, -0.1) is 0 Å². The standard InChI is InChI=1S/C11H10FN5O/c12-7-1-2-10(15-5-7)16-11(18)8-3-4-14-6-9(8)17-13/h1-6,17H,13H2,(H,15,16,18). The first-order valence-corrected chi connectivity index (χ1v) is 5.04. The lowest BCUT2D eigenvalue weighted by molar-refractivity contribution is 0.102. The Kier molecular flexibility index (Phi) is 3.44. The van der Waals surface area contributed by atoms with Crippen molar-refractivity contribution >= 4 is 17.4 Å². The van der Waals surface area contributed by atoms with Crippen LogP contribution >= 0.6 is 0 Å². The number of carbonyl (C=O) groups excluding carboxylic acids is 1. The molecule has 0 aromatic carbocycles. The fraction of sp³-hybridized carbons (Fsp3) is 0. The van der Waals surface area contributed by atoms with Gasteiger partial charge in [0.2, 0.25) is 0 Å². The molecule has 0 unspecified atom stereocenters. The van der Waals surface area contributed by atoms with Crippen molar-refractivity contribution < 1.29 is 9.18 Å². The van der Waals surface area contributed by atoms with Crippen molar-refractivity contribution in [3.63, 3.8) is 0 Å². The third-order valence-electron chi connectivity index (χ3n) is 2.19. The summed E-state index contributed by atoms with van der Waals surface area (Å²) in [7, 11) is 0. The molecule has 0 aliphatic carbocycles. The lowest BCUT2D eigenvalue weighted by Gasteiger charge is -2.08. The first kappa shape index (κ1) is 11.9. The van der Waals surface area contributed by atoms with Crippen LogP contribution in [0, 0.1) is 5.82 Å². The Bertz CT molecular complexity index is 558. The number of aromatic nitrogens is 2. The zero-order chi connectivity index (χ0) is 13.0. The molecule has 92 valence electrons. The molecule has 0 spiro atoms. The van der Waals surface area contributed by atoms with Gasteiger partial charge in [0.1, 0.15) is 11.6 Å². The van der Waals surface area contributed by atoms with Gasteiger partial charge in [0, 0.05) is 6.20 Å². The molecule has 6 nitrogen and oxygen atoms in total. The summed E-state index contributed by atoms with van der Waals surface area (Å²) in [4.78, 5) is 19.5. The summed E-state index contributed by atoms with van der Waals surface area (Å²) in [6, 6.07) is 4.08. The first-order valence-electron chi connectivity index (χ1n) is 5.04. The van der Waals surface area contributed by atoms with Crippen LogP contribution in [0.4, 0.5) is 15.9 Å². The number of nitrogens with one attached hydrogen (secondary N) is 2. The Morgan fingerprint density at radius 1 is 1.28 bits per heavy atom. The molecule has 0 aliphatic heterocycles. The van der Waals surface area contributed by atoms with Gasteiger partial charge in [0.25, 0.3) is 5.91 Å². The summed E-state index contributed by atoms with van der Waals surface area (Å²) in [5.41, 5.74) is 3.07. The van der Waals surface area contributed by atoms with Crippen molar-refractivity contribution in [1.82, 2.24) is 9.97 Å². The van der Waals surface area contributed by atoms with Gasteiger partial charge in [0.05, 0.1) is 23.6 Å². The van der Waals surface area contributed by atoms with E-state index in [1.165, 1.54) is 30.6 Å². The molecule has 2 rings (SSSR count). The Hall–Kier alpha value is -2.54. The van der Waals surface area contributed by atoms with Gasteiger partial charge in [-0.2, -0.15) is 0 Å². The molecule has 0 saturated carbocycles. The van der Waals surface area contributed by atoms with Crippen molar-refractivity contribution in [3.05, 3.63) is 48.2 Å². The maximum atomic E-state index is 12.7. The van der Waals surface area contributed by atoms with Gasteiger partial charge in [-0.05, 0) is 18.2 Å². The molecule has 4 N–H and O–H groups in total. The number of anilines is 2. The van der Waals surface area contributed by atoms with E-state index in [-0.39, 0.29) is 5.82 Å². The van der Waals surface area contributed by atoms with Gasteiger partial charge < -0.3 is 10.7 Å². The fourth-order valence-corrected chi connectivity index (χ4v) is 1.34. The number of nitrogens with two attached hydrogens (primary N) is 1. The van der Waals surface area contributed by atoms with Crippen LogP contribution < -0.4 is 16.6 Å². The minimum absolute atomic E-state index is 0.251. The van der Waals surface area contributed by atoms with Crippen molar-refractivity contribution in [2.45, 2.75) is 0 Å².